The Morgan fingerprint density at radius 3 is 2.34 bits per heavy atom. The summed E-state index contributed by atoms with van der Waals surface area (Å²) in [5, 5.41) is 9.23. The van der Waals surface area contributed by atoms with Gasteiger partial charge in [0.05, 0.1) is 18.4 Å². The number of carbonyl (C=O) groups excluding carboxylic acids is 2. The van der Waals surface area contributed by atoms with Crippen molar-refractivity contribution in [3.05, 3.63) is 59.7 Å². The van der Waals surface area contributed by atoms with Crippen LogP contribution in [0.4, 0.5) is 5.69 Å². The van der Waals surface area contributed by atoms with Gasteiger partial charge >= 0.3 is 0 Å². The maximum absolute atomic E-state index is 12.8. The van der Waals surface area contributed by atoms with E-state index in [4.69, 9.17) is 4.74 Å². The van der Waals surface area contributed by atoms with Crippen LogP contribution in [0, 0.1) is 5.41 Å². The number of amides is 2. The van der Waals surface area contributed by atoms with Gasteiger partial charge in [-0.25, -0.2) is 0 Å². The van der Waals surface area contributed by atoms with Gasteiger partial charge in [-0.2, -0.15) is 0 Å². The molecule has 0 aliphatic carbocycles. The molecule has 1 saturated heterocycles. The summed E-state index contributed by atoms with van der Waals surface area (Å²) in [6.07, 6.45) is 2.06. The van der Waals surface area contributed by atoms with Crippen molar-refractivity contribution in [1.29, 1.82) is 0 Å². The van der Waals surface area contributed by atoms with Crippen LogP contribution in [0.25, 0.3) is 0 Å². The van der Waals surface area contributed by atoms with E-state index in [0.29, 0.717) is 29.1 Å². The Hall–Kier alpha value is -2.57. The SMILES string of the molecule is COc1ccc(C(=O)Nc2ccccc2C(=O)NCC2(C)CCNCC2)cc1.Cl. The van der Waals surface area contributed by atoms with Crippen LogP contribution in [0.5, 0.6) is 5.75 Å². The molecule has 0 bridgehead atoms. The van der Waals surface area contributed by atoms with Gasteiger partial charge in [0.25, 0.3) is 11.8 Å². The van der Waals surface area contributed by atoms with Crippen molar-refractivity contribution < 1.29 is 14.3 Å². The molecular weight excluding hydrogens is 390 g/mol. The first kappa shape index (κ1) is 22.7. The number of methoxy groups -OCH3 is 1. The first-order valence-electron chi connectivity index (χ1n) is 9.54. The zero-order chi connectivity index (χ0) is 20.0. The van der Waals surface area contributed by atoms with Gasteiger partial charge in [0, 0.05) is 12.1 Å². The molecule has 0 atom stereocenters. The van der Waals surface area contributed by atoms with Crippen molar-refractivity contribution in [2.45, 2.75) is 19.8 Å². The van der Waals surface area contributed by atoms with Gasteiger partial charge in [0.2, 0.25) is 0 Å². The average molecular weight is 418 g/mol. The third-order valence-electron chi connectivity index (χ3n) is 5.26. The summed E-state index contributed by atoms with van der Waals surface area (Å²) in [6.45, 7) is 4.77. The first-order chi connectivity index (χ1) is 13.5. The Morgan fingerprint density at radius 1 is 1.03 bits per heavy atom. The highest BCUT2D eigenvalue weighted by molar-refractivity contribution is 6.09. The van der Waals surface area contributed by atoms with Gasteiger partial charge in [-0.3, -0.25) is 9.59 Å². The third kappa shape index (κ3) is 5.95. The number of ether oxygens (including phenoxy) is 1. The molecule has 0 spiro atoms. The van der Waals surface area contributed by atoms with Gasteiger partial charge in [0.1, 0.15) is 5.75 Å². The summed E-state index contributed by atoms with van der Waals surface area (Å²) in [7, 11) is 1.58. The lowest BCUT2D eigenvalue weighted by atomic mass is 9.81. The molecule has 2 aromatic rings. The predicted octanol–water partition coefficient (Wildman–Crippen LogP) is 3.49. The fraction of sp³-hybridized carbons (Fsp3) is 0.364. The van der Waals surface area contributed by atoms with Gasteiger partial charge < -0.3 is 20.7 Å². The van der Waals surface area contributed by atoms with E-state index in [-0.39, 0.29) is 29.6 Å². The number of carbonyl (C=O) groups is 2. The lowest BCUT2D eigenvalue weighted by molar-refractivity contribution is 0.0923. The Bertz CT molecular complexity index is 833. The summed E-state index contributed by atoms with van der Waals surface area (Å²) in [5.74, 6) is 0.237. The topological polar surface area (TPSA) is 79.5 Å². The summed E-state index contributed by atoms with van der Waals surface area (Å²) in [4.78, 5) is 25.3. The number of nitrogens with one attached hydrogen (secondary N) is 3. The summed E-state index contributed by atoms with van der Waals surface area (Å²) >= 11 is 0. The summed E-state index contributed by atoms with van der Waals surface area (Å²) in [5.41, 5.74) is 1.55. The third-order valence-corrected chi connectivity index (χ3v) is 5.26. The highest BCUT2D eigenvalue weighted by atomic mass is 35.5. The standard InChI is InChI=1S/C22H27N3O3.ClH/c1-22(11-13-23-14-12-22)15-24-21(27)18-5-3-4-6-19(18)25-20(26)16-7-9-17(28-2)10-8-16;/h3-10,23H,11-15H2,1-2H3,(H,24,27)(H,25,26);1H. The molecule has 0 saturated carbocycles. The molecular formula is C22H28ClN3O3. The molecule has 7 heteroatoms. The minimum Gasteiger partial charge on any atom is -0.497 e. The Balaban J connectivity index is 0.00000300. The van der Waals surface area contributed by atoms with Gasteiger partial charge in [-0.05, 0) is 67.7 Å². The van der Waals surface area contributed by atoms with Crippen molar-refractivity contribution >= 4 is 29.9 Å². The van der Waals surface area contributed by atoms with Crippen LogP contribution in [0.2, 0.25) is 0 Å². The zero-order valence-electron chi connectivity index (χ0n) is 16.8. The second-order valence-corrected chi connectivity index (χ2v) is 7.47. The monoisotopic (exact) mass is 417 g/mol. The lowest BCUT2D eigenvalue weighted by Crippen LogP contribution is -2.43. The molecule has 1 fully saturated rings. The van der Waals surface area contributed by atoms with Crippen molar-refractivity contribution in [1.82, 2.24) is 10.6 Å². The van der Waals surface area contributed by atoms with E-state index in [0.717, 1.165) is 25.9 Å². The number of hydrogen-bond donors (Lipinski definition) is 3. The molecule has 0 radical (unpaired) electrons. The van der Waals surface area contributed by atoms with Crippen LogP contribution >= 0.6 is 12.4 Å². The van der Waals surface area contributed by atoms with Crippen LogP contribution in [0.3, 0.4) is 0 Å². The number of hydrogen-bond acceptors (Lipinski definition) is 4. The molecule has 1 aliphatic rings. The molecule has 2 aromatic carbocycles. The molecule has 3 N–H and O–H groups in total. The van der Waals surface area contributed by atoms with Crippen LogP contribution in [0.1, 0.15) is 40.5 Å². The molecule has 0 unspecified atom stereocenters. The first-order valence-corrected chi connectivity index (χ1v) is 9.54. The molecule has 2 amide bonds. The van der Waals surface area contributed by atoms with Crippen molar-refractivity contribution in [2.24, 2.45) is 5.41 Å². The van der Waals surface area contributed by atoms with Crippen molar-refractivity contribution in [2.75, 3.05) is 32.1 Å². The Kier molecular flexibility index (Phi) is 8.05. The lowest BCUT2D eigenvalue weighted by Gasteiger charge is -2.34. The minimum atomic E-state index is -0.270. The van der Waals surface area contributed by atoms with E-state index in [1.807, 2.05) is 0 Å². The maximum atomic E-state index is 12.8. The van der Waals surface area contributed by atoms with E-state index < -0.39 is 0 Å². The number of para-hydroxylation sites is 1. The van der Waals surface area contributed by atoms with Gasteiger partial charge in [0.15, 0.2) is 0 Å². The number of benzene rings is 2. The summed E-state index contributed by atoms with van der Waals surface area (Å²) in [6, 6.07) is 13.9. The molecule has 3 rings (SSSR count). The van der Waals surface area contributed by atoms with E-state index in [2.05, 4.69) is 22.9 Å². The maximum Gasteiger partial charge on any atom is 0.255 e. The molecule has 1 aliphatic heterocycles. The van der Waals surface area contributed by atoms with E-state index in [9.17, 15) is 9.59 Å². The number of piperidine rings is 1. The van der Waals surface area contributed by atoms with Gasteiger partial charge in [-0.15, -0.1) is 12.4 Å². The number of anilines is 1. The zero-order valence-corrected chi connectivity index (χ0v) is 17.6. The normalized spacial score (nSPS) is 15.0. The Morgan fingerprint density at radius 2 is 1.69 bits per heavy atom. The van der Waals surface area contributed by atoms with Crippen molar-refractivity contribution in [3.63, 3.8) is 0 Å². The largest absolute Gasteiger partial charge is 0.497 e. The van der Waals surface area contributed by atoms with E-state index >= 15 is 0 Å². The van der Waals surface area contributed by atoms with Gasteiger partial charge in [-0.1, -0.05) is 19.1 Å². The van der Waals surface area contributed by atoms with E-state index in [1.54, 1.807) is 55.6 Å². The van der Waals surface area contributed by atoms with E-state index in [1.165, 1.54) is 0 Å². The number of rotatable bonds is 6. The highest BCUT2D eigenvalue weighted by Gasteiger charge is 2.27. The van der Waals surface area contributed by atoms with Crippen LogP contribution in [-0.4, -0.2) is 38.6 Å². The molecule has 29 heavy (non-hydrogen) atoms. The fourth-order valence-corrected chi connectivity index (χ4v) is 3.32. The smallest absolute Gasteiger partial charge is 0.255 e. The quantitative estimate of drug-likeness (QED) is 0.672. The van der Waals surface area contributed by atoms with Crippen LogP contribution < -0.4 is 20.7 Å². The summed E-state index contributed by atoms with van der Waals surface area (Å²) < 4.78 is 5.11. The second-order valence-electron chi connectivity index (χ2n) is 7.47. The predicted molar refractivity (Wildman–Crippen MR) is 117 cm³/mol. The molecule has 1 heterocycles. The minimum absolute atomic E-state index is 0. The Labute approximate surface area is 177 Å². The molecule has 6 nitrogen and oxygen atoms in total. The second kappa shape index (κ2) is 10.3. The highest BCUT2D eigenvalue weighted by Crippen LogP contribution is 2.27. The molecule has 156 valence electrons. The average Bonchev–Trinajstić information content (AvgIpc) is 2.73. The molecule has 0 aromatic heterocycles. The van der Waals surface area contributed by atoms with Crippen LogP contribution in [0.15, 0.2) is 48.5 Å². The fourth-order valence-electron chi connectivity index (χ4n) is 3.32. The van der Waals surface area contributed by atoms with Crippen molar-refractivity contribution in [3.8, 4) is 5.75 Å². The van der Waals surface area contributed by atoms with Crippen LogP contribution in [-0.2, 0) is 0 Å². The number of halogens is 1.